The highest BCUT2D eigenvalue weighted by molar-refractivity contribution is 5.85. The van der Waals surface area contributed by atoms with Gasteiger partial charge in [0.25, 0.3) is 0 Å². The first-order valence-electron chi connectivity index (χ1n) is 43.8. The van der Waals surface area contributed by atoms with Crippen LogP contribution < -0.4 is 4.74 Å². The van der Waals surface area contributed by atoms with Crippen LogP contribution in [-0.4, -0.2) is 129 Å². The number of nitrogens with zero attached hydrogens (tertiary/aromatic N) is 12. The third kappa shape index (κ3) is 80.5. The van der Waals surface area contributed by atoms with E-state index in [0.717, 1.165) is 169 Å². The summed E-state index contributed by atoms with van der Waals surface area (Å²) in [6.07, 6.45) is 30.8. The second kappa shape index (κ2) is 94.8. The minimum absolute atomic E-state index is 0.0381. The predicted molar refractivity (Wildman–Crippen MR) is 517 cm³/mol. The van der Waals surface area contributed by atoms with Crippen LogP contribution in [0, 0.1) is 160 Å². The SMILES string of the molecule is C=CC(=O)OC(C)C#N.C=CC(=O)OC1(C#N)CCCCC1.C=CC(=O)OC1CC2CC(C#N)C1C2.C=CC(=O)OCC(C)C#N.C=CC(=O)OCCC#N.C=CC(=O)OCCCC#N.C=CC(=O)OCCCCC#N.C=CC(=O)OCCCCCC#N.C=CC(=O)OCCCCCCC#N.C=CC(=O)OCc1ccc(C#N)cc1.C=CC(=O)OCc1ccccc1C#N.C=CC(=O)Oc1ccc(C#N)cc1. The number of rotatable bonds is 42. The zero-order chi connectivity index (χ0) is 108. The van der Waals surface area contributed by atoms with Gasteiger partial charge in [0.2, 0.25) is 0 Å². The quantitative estimate of drug-likeness (QED) is 0.0167. The van der Waals surface area contributed by atoms with Crippen molar-refractivity contribution < 1.29 is 114 Å². The van der Waals surface area contributed by atoms with E-state index in [-0.39, 0.29) is 74.6 Å². The summed E-state index contributed by atoms with van der Waals surface area (Å²) < 4.78 is 56.9. The van der Waals surface area contributed by atoms with Crippen molar-refractivity contribution in [2.24, 2.45) is 23.7 Å². The van der Waals surface area contributed by atoms with E-state index in [1.807, 2.05) is 42.5 Å². The molecule has 0 heterocycles. The number of carbonyl (C=O) groups is 12. The Labute approximate surface area is 831 Å². The van der Waals surface area contributed by atoms with Crippen LogP contribution in [0.15, 0.2) is 225 Å². The third-order valence-electron chi connectivity index (χ3n) is 17.4. The van der Waals surface area contributed by atoms with Gasteiger partial charge in [0, 0.05) is 123 Å². The molecule has 0 amide bonds. The van der Waals surface area contributed by atoms with Gasteiger partial charge < -0.3 is 56.8 Å². The molecule has 6 atom stereocenters. The molecule has 3 aromatic rings. The lowest BCUT2D eigenvalue weighted by Crippen LogP contribution is -2.35. The van der Waals surface area contributed by atoms with Crippen molar-refractivity contribution in [3.8, 4) is 78.6 Å². The highest BCUT2D eigenvalue weighted by Gasteiger charge is 2.48. The first-order chi connectivity index (χ1) is 68.2. The molecule has 3 fully saturated rings. The number of hydrogen-bond donors (Lipinski definition) is 0. The average molecular weight is 1950 g/mol. The normalized spacial score (nSPS) is 12.9. The van der Waals surface area contributed by atoms with Crippen LogP contribution in [-0.2, 0) is 123 Å². The molecule has 36 nitrogen and oxygen atoms in total. The molecule has 3 aliphatic rings. The van der Waals surface area contributed by atoms with Crippen LogP contribution in [0.1, 0.15) is 189 Å². The maximum Gasteiger partial charge on any atom is 0.335 e. The molecule has 6 unspecified atom stereocenters. The van der Waals surface area contributed by atoms with Crippen molar-refractivity contribution >= 4 is 71.6 Å². The van der Waals surface area contributed by atoms with Crippen LogP contribution in [0.25, 0.3) is 0 Å². The maximum atomic E-state index is 11.0. The summed E-state index contributed by atoms with van der Waals surface area (Å²) in [5.41, 5.74) is 2.31. The fourth-order valence-electron chi connectivity index (χ4n) is 10.3. The summed E-state index contributed by atoms with van der Waals surface area (Å²) in [6, 6.07) is 44.1. The summed E-state index contributed by atoms with van der Waals surface area (Å²) in [5.74, 6) is -4.30. The number of unbranched alkanes of at least 4 members (excludes halogenated alkanes) is 10. The fraction of sp³-hybridized carbons (Fsp3) is 0.377. The van der Waals surface area contributed by atoms with Crippen LogP contribution in [0.3, 0.4) is 0 Å². The maximum absolute atomic E-state index is 11.0. The van der Waals surface area contributed by atoms with Crippen molar-refractivity contribution in [2.45, 2.75) is 193 Å². The van der Waals surface area contributed by atoms with E-state index in [1.165, 1.54) is 13.0 Å². The largest absolute Gasteiger partial charge is 0.463 e. The van der Waals surface area contributed by atoms with Gasteiger partial charge in [0.05, 0.1) is 122 Å². The van der Waals surface area contributed by atoms with E-state index in [1.54, 1.807) is 85.8 Å². The van der Waals surface area contributed by atoms with Crippen LogP contribution >= 0.6 is 0 Å². The van der Waals surface area contributed by atoms with Gasteiger partial charge in [0.1, 0.15) is 50.4 Å². The molecule has 0 spiro atoms. The van der Waals surface area contributed by atoms with Gasteiger partial charge in [-0.2, -0.15) is 63.1 Å². The molecule has 0 aromatic heterocycles. The Kier molecular flexibility index (Phi) is 90.0. The highest BCUT2D eigenvalue weighted by Crippen LogP contribution is 2.49. The van der Waals surface area contributed by atoms with Crippen LogP contribution in [0.5, 0.6) is 5.75 Å². The zero-order valence-electron chi connectivity index (χ0n) is 80.4. The molecule has 36 heteroatoms. The van der Waals surface area contributed by atoms with Gasteiger partial charge in [-0.1, -0.05) is 129 Å². The second-order valence-electron chi connectivity index (χ2n) is 28.1. The van der Waals surface area contributed by atoms with Crippen molar-refractivity contribution in [2.75, 3.05) is 39.6 Å². The third-order valence-corrected chi connectivity index (χ3v) is 17.4. The fourth-order valence-corrected chi connectivity index (χ4v) is 10.3. The molecular formula is C106H122N12O24. The average Bonchev–Trinajstić information content (AvgIpc) is 1.64. The van der Waals surface area contributed by atoms with Gasteiger partial charge >= 0.3 is 71.6 Å². The number of fused-ring (bicyclic) bond motifs is 2. The number of ether oxygens (including phenoxy) is 12. The topological polar surface area (TPSA) is 601 Å². The van der Waals surface area contributed by atoms with E-state index < -0.39 is 65.4 Å². The number of benzene rings is 3. The van der Waals surface area contributed by atoms with Crippen LogP contribution in [0.2, 0.25) is 0 Å². The molecular weight excluding hydrogens is 1830 g/mol. The predicted octanol–water partition coefficient (Wildman–Crippen LogP) is 17.4. The number of carbonyl (C=O) groups excluding carboxylic acids is 12. The molecule has 0 radical (unpaired) electrons. The van der Waals surface area contributed by atoms with E-state index in [2.05, 4.69) is 127 Å². The molecule has 750 valence electrons. The molecule has 0 aliphatic heterocycles. The molecule has 142 heavy (non-hydrogen) atoms. The standard InChI is InChI=1S/C11H13NO2.2C11H9NO2.C10H7NO2.C10H13NO2.C10H15NO2.C9H13NO2.C8H11NO2.2C7H9NO2.2C6H7NO2/c1-2-11(13)14-10-5-7-3-8(6-12)9(10)4-7;1-2-11(13)14-8-10-5-3-9(7-12)4-6-10;1-2-11(13)14-8-10-6-4-3-5-9(10)7-12;1-2-10(12)13-9-5-3-8(7-11)4-6-9;1-2-9(12)13-10(8-11)6-4-3-5-7-10;1-2-10(12)13-9-7-5-3-4-6-8-11;1-2-9(11)12-8-6-4-3-5-7-10;1-2-8(10)11-7-5-3-4-6-9;1-3-7(9)10-5-6(2)4-8;1-2-7(9)10-6-4-3-5-8;1-3-6(8)9-5(2)4-7;1-2-6(8)9-5-3-4-7/h2,7-10H,1,3-5H2;2*2-6H,1,8H2;2-6H,1H2;2H,1,3-7H2;2H,1,3-7,9H2;2H,1,3-6,8H2;2H,1,3-5,7H2;3,6H,1,5H2,2H3;2H,1,3-4,6H2;3,5H,1H2,2H3;2H,1,3,5H2. The molecule has 6 rings (SSSR count). The van der Waals surface area contributed by atoms with E-state index >= 15 is 0 Å². The summed E-state index contributed by atoms with van der Waals surface area (Å²) in [7, 11) is 0. The van der Waals surface area contributed by atoms with Gasteiger partial charge in [-0.3, -0.25) is 0 Å². The molecule has 3 aromatic carbocycles. The number of esters is 12. The Balaban J connectivity index is -0.000000356. The lowest BCUT2D eigenvalue weighted by Gasteiger charge is -2.29. The summed E-state index contributed by atoms with van der Waals surface area (Å²) >= 11 is 0. The smallest absolute Gasteiger partial charge is 0.335 e. The van der Waals surface area contributed by atoms with Gasteiger partial charge in [-0.05, 0) is 151 Å². The van der Waals surface area contributed by atoms with E-state index in [0.29, 0.717) is 105 Å². The van der Waals surface area contributed by atoms with Crippen LogP contribution in [0.4, 0.5) is 0 Å². The van der Waals surface area contributed by atoms with Gasteiger partial charge in [-0.15, -0.1) is 0 Å². The summed E-state index contributed by atoms with van der Waals surface area (Å²) in [4.78, 5) is 127. The second-order valence-corrected chi connectivity index (χ2v) is 28.1. The zero-order valence-corrected chi connectivity index (χ0v) is 80.4. The molecule has 0 N–H and O–H groups in total. The minimum Gasteiger partial charge on any atom is -0.463 e. The highest BCUT2D eigenvalue weighted by atomic mass is 16.6. The monoisotopic (exact) mass is 1950 g/mol. The first-order valence-corrected chi connectivity index (χ1v) is 43.8. The number of nitriles is 12. The van der Waals surface area contributed by atoms with Crippen molar-refractivity contribution in [1.29, 1.82) is 63.1 Å². The summed E-state index contributed by atoms with van der Waals surface area (Å²) in [5, 5.41) is 101. The lowest BCUT2D eigenvalue weighted by molar-refractivity contribution is -0.151. The van der Waals surface area contributed by atoms with Crippen molar-refractivity contribution in [1.82, 2.24) is 0 Å². The Morgan fingerprint density at radius 1 is 0.373 bits per heavy atom. The molecule has 3 aliphatic carbocycles. The van der Waals surface area contributed by atoms with Gasteiger partial charge in [-0.25, -0.2) is 57.5 Å². The molecule has 2 bridgehead atoms. The number of hydrogen-bond acceptors (Lipinski definition) is 36. The van der Waals surface area contributed by atoms with Crippen molar-refractivity contribution in [3.05, 3.63) is 252 Å². The Hall–Kier alpha value is -17.9. The Bertz CT molecular complexity index is 5050. The van der Waals surface area contributed by atoms with Crippen molar-refractivity contribution in [3.63, 3.8) is 0 Å². The van der Waals surface area contributed by atoms with E-state index in [4.69, 9.17) is 96.3 Å². The molecule has 0 saturated heterocycles. The first kappa shape index (κ1) is 135. The Morgan fingerprint density at radius 3 is 1.17 bits per heavy atom. The minimum atomic E-state index is -0.872. The molecule has 3 saturated carbocycles. The van der Waals surface area contributed by atoms with E-state index in [9.17, 15) is 57.5 Å². The summed E-state index contributed by atoms with van der Waals surface area (Å²) in [6.45, 7) is 44.4. The Morgan fingerprint density at radius 2 is 0.761 bits per heavy atom. The van der Waals surface area contributed by atoms with Gasteiger partial charge in [0.15, 0.2) is 11.7 Å². The lowest BCUT2D eigenvalue weighted by atomic mass is 9.86.